The van der Waals surface area contributed by atoms with Gasteiger partial charge in [-0.15, -0.1) is 0 Å². The molecule has 1 heteroatoms. The SMILES string of the molecule is CC(C=CC1=C(C)CCCC1(C)C)=CC=CC(C)=CCOCC=C(C)C=CC=C(C)C=CC1=C(C)CCCC1(C)C. The molecule has 0 unspecified atom stereocenters. The van der Waals surface area contributed by atoms with Crippen LogP contribution in [-0.2, 0) is 4.74 Å². The lowest BCUT2D eigenvalue weighted by atomic mass is 9.72. The fourth-order valence-electron chi connectivity index (χ4n) is 5.85. The molecule has 0 N–H and O–H groups in total. The van der Waals surface area contributed by atoms with E-state index in [4.69, 9.17) is 4.74 Å². The zero-order valence-electron chi connectivity index (χ0n) is 28.0. The van der Waals surface area contributed by atoms with Crippen molar-refractivity contribution in [1.82, 2.24) is 0 Å². The summed E-state index contributed by atoms with van der Waals surface area (Å²) in [5.74, 6) is 0. The van der Waals surface area contributed by atoms with E-state index in [-0.39, 0.29) is 10.8 Å². The van der Waals surface area contributed by atoms with Gasteiger partial charge >= 0.3 is 0 Å². The zero-order valence-corrected chi connectivity index (χ0v) is 28.0. The Morgan fingerprint density at radius 2 is 1.00 bits per heavy atom. The van der Waals surface area contributed by atoms with Crippen LogP contribution in [-0.4, -0.2) is 13.2 Å². The summed E-state index contributed by atoms with van der Waals surface area (Å²) in [7, 11) is 0. The molecule has 2 aliphatic rings. The summed E-state index contributed by atoms with van der Waals surface area (Å²) in [4.78, 5) is 0. The molecule has 2 aliphatic carbocycles. The molecule has 0 atom stereocenters. The summed E-state index contributed by atoms with van der Waals surface area (Å²) in [6.45, 7) is 23.9. The maximum Gasteiger partial charge on any atom is 0.0657 e. The van der Waals surface area contributed by atoms with Crippen molar-refractivity contribution < 1.29 is 4.74 Å². The molecule has 41 heavy (non-hydrogen) atoms. The van der Waals surface area contributed by atoms with E-state index < -0.39 is 0 Å². The number of allylic oxidation sites excluding steroid dienone is 18. The van der Waals surface area contributed by atoms with Gasteiger partial charge in [0, 0.05) is 0 Å². The predicted octanol–water partition coefficient (Wildman–Crippen LogP) is 12.1. The summed E-state index contributed by atoms with van der Waals surface area (Å²) in [6.07, 6.45) is 34.0. The largest absolute Gasteiger partial charge is 0.373 e. The molecule has 2 rings (SSSR count). The molecule has 0 spiro atoms. The van der Waals surface area contributed by atoms with Crippen molar-refractivity contribution in [3.8, 4) is 0 Å². The Morgan fingerprint density at radius 1 is 0.610 bits per heavy atom. The highest BCUT2D eigenvalue weighted by Gasteiger charge is 2.27. The Hall–Kier alpha value is -2.64. The standard InChI is InChI=1S/C40H58O/c1-31(21-23-37-35(5)19-13-27-39(37,7)8)15-11-17-33(3)25-29-41-30-26-34(4)18-12-16-32(2)22-24-38-36(6)20-14-28-40(38,9)10/h11-12,15-18,21-26H,13-14,19-20,27-30H2,1-10H3. The average Bonchev–Trinajstić information content (AvgIpc) is 2.87. The van der Waals surface area contributed by atoms with Crippen molar-refractivity contribution in [1.29, 1.82) is 0 Å². The molecule has 0 aliphatic heterocycles. The molecular formula is C40H58O. The highest BCUT2D eigenvalue weighted by Crippen LogP contribution is 2.41. The molecule has 0 fully saturated rings. The van der Waals surface area contributed by atoms with E-state index in [1.165, 1.54) is 72.0 Å². The summed E-state index contributed by atoms with van der Waals surface area (Å²) in [5, 5.41) is 0. The van der Waals surface area contributed by atoms with E-state index in [9.17, 15) is 0 Å². The fraction of sp³-hybridized carbons (Fsp3) is 0.500. The first kappa shape index (κ1) is 34.6. The molecule has 0 saturated carbocycles. The second-order valence-corrected chi connectivity index (χ2v) is 13.5. The Morgan fingerprint density at radius 3 is 1.37 bits per heavy atom. The minimum Gasteiger partial charge on any atom is -0.373 e. The first-order chi connectivity index (χ1) is 19.3. The molecule has 0 bridgehead atoms. The van der Waals surface area contributed by atoms with Gasteiger partial charge in [0.05, 0.1) is 13.2 Å². The molecule has 1 nitrogen and oxygen atoms in total. The second-order valence-electron chi connectivity index (χ2n) is 13.5. The van der Waals surface area contributed by atoms with Crippen LogP contribution >= 0.6 is 0 Å². The third kappa shape index (κ3) is 12.4. The predicted molar refractivity (Wildman–Crippen MR) is 183 cm³/mol. The summed E-state index contributed by atoms with van der Waals surface area (Å²) in [5.41, 5.74) is 11.6. The van der Waals surface area contributed by atoms with E-state index in [1.54, 1.807) is 11.1 Å². The molecule has 0 aromatic heterocycles. The summed E-state index contributed by atoms with van der Waals surface area (Å²) in [6, 6.07) is 0. The van der Waals surface area contributed by atoms with Gasteiger partial charge in [0.1, 0.15) is 0 Å². The second kappa shape index (κ2) is 16.7. The molecule has 0 amide bonds. The molecule has 0 aromatic rings. The Labute approximate surface area is 253 Å². The maximum atomic E-state index is 5.82. The first-order valence-corrected chi connectivity index (χ1v) is 15.7. The summed E-state index contributed by atoms with van der Waals surface area (Å²) >= 11 is 0. The number of hydrogen-bond acceptors (Lipinski definition) is 1. The molecule has 0 aromatic carbocycles. The van der Waals surface area contributed by atoms with Crippen LogP contribution in [0.5, 0.6) is 0 Å². The van der Waals surface area contributed by atoms with Crippen LogP contribution in [0.25, 0.3) is 0 Å². The first-order valence-electron chi connectivity index (χ1n) is 15.7. The average molecular weight is 555 g/mol. The topological polar surface area (TPSA) is 9.23 Å². The molecule has 0 radical (unpaired) electrons. The fourth-order valence-corrected chi connectivity index (χ4v) is 5.85. The van der Waals surface area contributed by atoms with Crippen molar-refractivity contribution in [2.24, 2.45) is 10.8 Å². The highest BCUT2D eigenvalue weighted by atomic mass is 16.5. The van der Waals surface area contributed by atoms with Gasteiger partial charge < -0.3 is 4.74 Å². The third-order valence-electron chi connectivity index (χ3n) is 8.59. The van der Waals surface area contributed by atoms with E-state index in [0.717, 1.165) is 0 Å². The van der Waals surface area contributed by atoms with Crippen LogP contribution in [0.1, 0.15) is 108 Å². The van der Waals surface area contributed by atoms with E-state index in [1.807, 2.05) is 0 Å². The van der Waals surface area contributed by atoms with Crippen molar-refractivity contribution >= 4 is 0 Å². The summed E-state index contributed by atoms with van der Waals surface area (Å²) < 4.78 is 5.82. The molecule has 0 saturated heterocycles. The number of rotatable bonds is 12. The normalized spacial score (nSPS) is 21.5. The Balaban J connectivity index is 1.77. The Kier molecular flexibility index (Phi) is 14.1. The van der Waals surface area contributed by atoms with Gasteiger partial charge in [0.2, 0.25) is 0 Å². The quantitative estimate of drug-likeness (QED) is 0.172. The van der Waals surface area contributed by atoms with Crippen LogP contribution in [0.15, 0.2) is 117 Å². The third-order valence-corrected chi connectivity index (χ3v) is 8.59. The monoisotopic (exact) mass is 554 g/mol. The van der Waals surface area contributed by atoms with Crippen LogP contribution < -0.4 is 0 Å². The maximum absolute atomic E-state index is 5.82. The zero-order chi connectivity index (χ0) is 30.5. The lowest BCUT2D eigenvalue weighted by molar-refractivity contribution is 0.193. The van der Waals surface area contributed by atoms with Crippen molar-refractivity contribution in [3.05, 3.63) is 117 Å². The van der Waals surface area contributed by atoms with Gasteiger partial charge in [0.25, 0.3) is 0 Å². The van der Waals surface area contributed by atoms with Crippen LogP contribution in [0.4, 0.5) is 0 Å². The van der Waals surface area contributed by atoms with Gasteiger partial charge in [0.15, 0.2) is 0 Å². The van der Waals surface area contributed by atoms with Crippen molar-refractivity contribution in [2.75, 3.05) is 13.2 Å². The molecular weight excluding hydrogens is 496 g/mol. The van der Waals surface area contributed by atoms with E-state index in [0.29, 0.717) is 13.2 Å². The van der Waals surface area contributed by atoms with E-state index >= 15 is 0 Å². The van der Waals surface area contributed by atoms with Gasteiger partial charge in [-0.3, -0.25) is 0 Å². The molecule has 224 valence electrons. The molecule has 0 heterocycles. The highest BCUT2D eigenvalue weighted by molar-refractivity contribution is 5.38. The minimum atomic E-state index is 0.287. The van der Waals surface area contributed by atoms with Gasteiger partial charge in [-0.1, -0.05) is 134 Å². The minimum absolute atomic E-state index is 0.287. The van der Waals surface area contributed by atoms with Gasteiger partial charge in [-0.2, -0.15) is 0 Å². The van der Waals surface area contributed by atoms with Gasteiger partial charge in [-0.25, -0.2) is 0 Å². The lowest BCUT2D eigenvalue weighted by Gasteiger charge is -2.33. The Bertz CT molecular complexity index is 1100. The van der Waals surface area contributed by atoms with Crippen LogP contribution in [0, 0.1) is 10.8 Å². The van der Waals surface area contributed by atoms with Crippen LogP contribution in [0.3, 0.4) is 0 Å². The smallest absolute Gasteiger partial charge is 0.0657 e. The van der Waals surface area contributed by atoms with Crippen molar-refractivity contribution in [3.63, 3.8) is 0 Å². The number of hydrogen-bond donors (Lipinski definition) is 0. The van der Waals surface area contributed by atoms with Crippen LogP contribution in [0.2, 0.25) is 0 Å². The van der Waals surface area contributed by atoms with E-state index in [2.05, 4.69) is 142 Å². The van der Waals surface area contributed by atoms with Gasteiger partial charge in [-0.05, 0) is 102 Å². The number of ether oxygens (including phenoxy) is 1. The lowest BCUT2D eigenvalue weighted by Crippen LogP contribution is -2.19. The van der Waals surface area contributed by atoms with Crippen molar-refractivity contribution in [2.45, 2.75) is 108 Å².